The number of amides is 3. The number of nitrogens with zero attached hydrogens (tertiary/aromatic N) is 1. The van der Waals surface area contributed by atoms with E-state index >= 15 is 0 Å². The molecule has 4 rings (SSSR count). The van der Waals surface area contributed by atoms with E-state index in [2.05, 4.69) is 52.9 Å². The number of benzene rings is 2. The fourth-order valence-corrected chi connectivity index (χ4v) is 5.59. The van der Waals surface area contributed by atoms with E-state index in [9.17, 15) is 14.4 Å². The first-order valence-electron chi connectivity index (χ1n) is 14.6. The number of carbonyl (C=O) groups excluding carboxylic acids is 3. The number of hydrogen-bond acceptors (Lipinski definition) is 4. The van der Waals surface area contributed by atoms with Gasteiger partial charge in [-0.25, -0.2) is 5.48 Å². The summed E-state index contributed by atoms with van der Waals surface area (Å²) in [6, 6.07) is 17.9. The Morgan fingerprint density at radius 3 is 2.60 bits per heavy atom. The molecule has 2 heterocycles. The zero-order valence-corrected chi connectivity index (χ0v) is 23.7. The van der Waals surface area contributed by atoms with E-state index in [1.54, 1.807) is 0 Å². The van der Waals surface area contributed by atoms with Crippen molar-refractivity contribution in [2.24, 2.45) is 11.8 Å². The number of rotatable bonds is 9. The van der Waals surface area contributed by atoms with Crippen LogP contribution in [0.3, 0.4) is 0 Å². The summed E-state index contributed by atoms with van der Waals surface area (Å²) < 4.78 is 2.18. The molecule has 2 aliphatic heterocycles. The Hall–Kier alpha value is -3.52. The Morgan fingerprint density at radius 2 is 1.80 bits per heavy atom. The van der Waals surface area contributed by atoms with Crippen LogP contribution in [0.5, 0.6) is 0 Å². The quantitative estimate of drug-likeness (QED) is 0.313. The Bertz CT molecular complexity index is 1180. The lowest BCUT2D eigenvalue weighted by Gasteiger charge is -2.22. The van der Waals surface area contributed by atoms with Gasteiger partial charge in [0.25, 0.3) is 0 Å². The topological polar surface area (TPSA) is 99.5 Å². The monoisotopic (exact) mass is 547 g/mol. The van der Waals surface area contributed by atoms with Crippen LogP contribution in [0.4, 0.5) is 5.69 Å². The SMILES string of the molecule is CC(C)C[C@H](CC(=O)NOCc1ccccc1)C(=O)NC1CCCCCNC(=O)CCC2C=[N+]1c1ccccc12. The minimum Gasteiger partial charge on any atom is -0.356 e. The molecule has 8 heteroatoms. The second kappa shape index (κ2) is 14.7. The number of fused-ring (bicyclic) bond motifs is 4. The van der Waals surface area contributed by atoms with Crippen molar-refractivity contribution < 1.29 is 23.8 Å². The van der Waals surface area contributed by atoms with Gasteiger partial charge < -0.3 is 5.32 Å². The van der Waals surface area contributed by atoms with E-state index in [-0.39, 0.29) is 48.8 Å². The van der Waals surface area contributed by atoms with Crippen LogP contribution in [0.1, 0.15) is 82.3 Å². The Balaban J connectivity index is 1.46. The van der Waals surface area contributed by atoms with Gasteiger partial charge >= 0.3 is 0 Å². The van der Waals surface area contributed by atoms with Gasteiger partial charge in [0.05, 0.1) is 12.5 Å². The number of para-hydroxylation sites is 1. The van der Waals surface area contributed by atoms with E-state index in [0.29, 0.717) is 19.4 Å². The first kappa shape index (κ1) is 29.5. The lowest BCUT2D eigenvalue weighted by Crippen LogP contribution is -2.45. The summed E-state index contributed by atoms with van der Waals surface area (Å²) in [6.45, 7) is 5.07. The maximum atomic E-state index is 13.7. The predicted octanol–water partition coefficient (Wildman–Crippen LogP) is 4.71. The Kier molecular flexibility index (Phi) is 10.9. The van der Waals surface area contributed by atoms with Gasteiger partial charge in [-0.05, 0) is 37.2 Å². The molecular formula is C32H43N4O4+. The third-order valence-corrected chi connectivity index (χ3v) is 7.58. The standard InChI is InChI=1S/C32H42N4O4/c1-23(2)19-26(20-31(38)35-40-22-24-11-5-3-6-12-24)32(39)34-29-15-7-4-10-18-33-30(37)17-16-25-21-36(29)28-14-9-8-13-27(25)28/h3,5-6,8-9,11-14,21,23,25-26,29H,4,7,10,15-20,22H2,1-2H3,(H2-,33,34,35,37,38,39)/p+1/t25?,26-,29?/m1/s1. The molecule has 0 fully saturated rings. The van der Waals surface area contributed by atoms with Crippen molar-refractivity contribution in [1.82, 2.24) is 16.1 Å². The molecule has 0 radical (unpaired) electrons. The third-order valence-electron chi connectivity index (χ3n) is 7.58. The van der Waals surface area contributed by atoms with E-state index in [4.69, 9.17) is 4.84 Å². The minimum absolute atomic E-state index is 0.0578. The largest absolute Gasteiger partial charge is 0.356 e. The predicted molar refractivity (Wildman–Crippen MR) is 155 cm³/mol. The van der Waals surface area contributed by atoms with E-state index in [1.165, 1.54) is 5.56 Å². The second-order valence-electron chi connectivity index (χ2n) is 11.3. The summed E-state index contributed by atoms with van der Waals surface area (Å²) in [5, 5.41) is 6.35. The van der Waals surface area contributed by atoms with E-state index in [0.717, 1.165) is 43.4 Å². The number of hydrogen-bond donors (Lipinski definition) is 3. The molecule has 2 aliphatic rings. The third kappa shape index (κ3) is 8.49. The van der Waals surface area contributed by atoms with E-state index < -0.39 is 5.92 Å². The molecule has 0 spiro atoms. The highest BCUT2D eigenvalue weighted by Crippen LogP contribution is 2.36. The second-order valence-corrected chi connectivity index (χ2v) is 11.3. The molecule has 0 saturated heterocycles. The average Bonchev–Trinajstić information content (AvgIpc) is 3.31. The number of carbonyl (C=O) groups is 3. The molecule has 2 bridgehead atoms. The van der Waals surface area contributed by atoms with Gasteiger partial charge in [0.15, 0.2) is 6.21 Å². The molecule has 0 aliphatic carbocycles. The fourth-order valence-electron chi connectivity index (χ4n) is 5.59. The van der Waals surface area contributed by atoms with Gasteiger partial charge in [-0.1, -0.05) is 68.8 Å². The average molecular weight is 548 g/mol. The van der Waals surface area contributed by atoms with Gasteiger partial charge in [0.1, 0.15) is 0 Å². The van der Waals surface area contributed by atoms with Crippen LogP contribution in [0.15, 0.2) is 54.6 Å². The smallest absolute Gasteiger partial charge is 0.244 e. The van der Waals surface area contributed by atoms with Crippen molar-refractivity contribution >= 4 is 29.6 Å². The van der Waals surface area contributed by atoms with Crippen LogP contribution < -0.4 is 16.1 Å². The van der Waals surface area contributed by atoms with Crippen LogP contribution in [0.25, 0.3) is 0 Å². The molecule has 2 unspecified atom stereocenters. The van der Waals surface area contributed by atoms with E-state index in [1.807, 2.05) is 42.5 Å². The molecule has 3 N–H and O–H groups in total. The van der Waals surface area contributed by atoms with Crippen LogP contribution in [0.2, 0.25) is 0 Å². The van der Waals surface area contributed by atoms with Crippen molar-refractivity contribution in [1.29, 1.82) is 0 Å². The normalized spacial score (nSPS) is 20.2. The summed E-state index contributed by atoms with van der Waals surface area (Å²) in [5.41, 5.74) is 5.73. The van der Waals surface area contributed by atoms with Gasteiger partial charge in [0.2, 0.25) is 29.6 Å². The molecule has 40 heavy (non-hydrogen) atoms. The molecule has 2 aromatic rings. The summed E-state index contributed by atoms with van der Waals surface area (Å²) in [4.78, 5) is 44.2. The molecule has 3 amide bonds. The maximum absolute atomic E-state index is 13.7. The fraction of sp³-hybridized carbons (Fsp3) is 0.500. The van der Waals surface area contributed by atoms with Crippen LogP contribution in [0, 0.1) is 11.8 Å². The summed E-state index contributed by atoms with van der Waals surface area (Å²) >= 11 is 0. The Morgan fingerprint density at radius 1 is 1.02 bits per heavy atom. The highest BCUT2D eigenvalue weighted by molar-refractivity contribution is 5.85. The summed E-state index contributed by atoms with van der Waals surface area (Å²) in [6.07, 6.45) is 7.36. The molecular weight excluding hydrogens is 504 g/mol. The molecule has 3 atom stereocenters. The summed E-state index contributed by atoms with van der Waals surface area (Å²) in [5.74, 6) is -0.436. The first-order chi connectivity index (χ1) is 19.4. The zero-order valence-electron chi connectivity index (χ0n) is 23.7. The summed E-state index contributed by atoms with van der Waals surface area (Å²) in [7, 11) is 0. The number of hydroxylamine groups is 1. The van der Waals surface area contributed by atoms with Crippen molar-refractivity contribution in [2.45, 2.75) is 83.9 Å². The van der Waals surface area contributed by atoms with Crippen LogP contribution >= 0.6 is 0 Å². The Labute approximate surface area is 237 Å². The van der Waals surface area contributed by atoms with Gasteiger partial charge in [-0.2, -0.15) is 4.58 Å². The maximum Gasteiger partial charge on any atom is 0.244 e. The van der Waals surface area contributed by atoms with Crippen molar-refractivity contribution in [3.63, 3.8) is 0 Å². The number of nitrogens with one attached hydrogen (secondary N) is 3. The molecule has 8 nitrogen and oxygen atoms in total. The van der Waals surface area contributed by atoms with Crippen molar-refractivity contribution in [2.75, 3.05) is 6.54 Å². The molecule has 2 aromatic carbocycles. The molecule has 0 aromatic heterocycles. The van der Waals surface area contributed by atoms with Gasteiger partial charge in [-0.15, -0.1) is 0 Å². The first-order valence-corrected chi connectivity index (χ1v) is 14.6. The van der Waals surface area contributed by atoms with Gasteiger partial charge in [0, 0.05) is 43.4 Å². The molecule has 0 saturated carbocycles. The lowest BCUT2D eigenvalue weighted by atomic mass is 9.93. The highest BCUT2D eigenvalue weighted by Gasteiger charge is 2.37. The minimum atomic E-state index is -0.472. The lowest BCUT2D eigenvalue weighted by molar-refractivity contribution is -0.485. The van der Waals surface area contributed by atoms with Crippen molar-refractivity contribution in [3.8, 4) is 0 Å². The van der Waals surface area contributed by atoms with Crippen LogP contribution in [-0.4, -0.2) is 41.2 Å². The van der Waals surface area contributed by atoms with Gasteiger partial charge in [-0.3, -0.25) is 24.5 Å². The zero-order chi connectivity index (χ0) is 28.3. The highest BCUT2D eigenvalue weighted by atomic mass is 16.6. The van der Waals surface area contributed by atoms with Crippen molar-refractivity contribution in [3.05, 3.63) is 65.7 Å². The van der Waals surface area contributed by atoms with Crippen LogP contribution in [-0.2, 0) is 25.8 Å². The molecule has 214 valence electrons.